The maximum absolute atomic E-state index is 12.6. The van der Waals surface area contributed by atoms with Crippen LogP contribution in [0.4, 0.5) is 0 Å². The summed E-state index contributed by atoms with van der Waals surface area (Å²) < 4.78 is 5.58. The number of imide groups is 1. The maximum Gasteiger partial charge on any atom is 0.296 e. The molecule has 0 bridgehead atoms. The zero-order valence-electron chi connectivity index (χ0n) is 16.0. The molecule has 0 aromatic heterocycles. The Bertz CT molecular complexity index is 661. The van der Waals surface area contributed by atoms with Crippen LogP contribution in [0.2, 0.25) is 0 Å². The quantitative estimate of drug-likeness (QED) is 0.494. The maximum atomic E-state index is 12.6. The number of nitrogens with zero attached hydrogens (tertiary/aromatic N) is 1. The van der Waals surface area contributed by atoms with E-state index >= 15 is 0 Å². The van der Waals surface area contributed by atoms with E-state index in [9.17, 15) is 14.7 Å². The minimum Gasteiger partial charge on any atom is -0.502 e. The summed E-state index contributed by atoms with van der Waals surface area (Å²) in [6.07, 6.45) is 6.48. The van der Waals surface area contributed by atoms with Crippen molar-refractivity contribution in [3.63, 3.8) is 0 Å². The van der Waals surface area contributed by atoms with E-state index in [1.807, 2.05) is 13.8 Å². The molecule has 0 aliphatic carbocycles. The normalized spacial score (nSPS) is 14.7. The van der Waals surface area contributed by atoms with E-state index < -0.39 is 17.6 Å². The fraction of sp³-hybridized carbons (Fsp3) is 0.524. The number of aliphatic hydroxyl groups is 1. The van der Waals surface area contributed by atoms with Gasteiger partial charge in [-0.05, 0) is 38.0 Å². The zero-order valence-corrected chi connectivity index (χ0v) is 16.0. The third-order valence-corrected chi connectivity index (χ3v) is 4.39. The van der Waals surface area contributed by atoms with Gasteiger partial charge >= 0.3 is 0 Å². The molecule has 5 nitrogen and oxygen atoms in total. The topological polar surface area (TPSA) is 66.8 Å². The average Bonchev–Trinajstić information content (AvgIpc) is 2.81. The molecule has 0 unspecified atom stereocenters. The van der Waals surface area contributed by atoms with Crippen molar-refractivity contribution >= 4 is 17.4 Å². The Hall–Kier alpha value is -2.30. The Morgan fingerprint density at radius 2 is 1.58 bits per heavy atom. The Balaban J connectivity index is 1.99. The standard InChI is InChI=1S/C21H29NO4/c1-4-5-6-7-8-9-14-22-20(24)18(19(23)21(22)25)16-10-12-17(13-11-16)26-15(2)3/h10-13,15,23H,4-9,14H2,1-3H3. The molecule has 0 atom stereocenters. The van der Waals surface area contributed by atoms with Crippen molar-refractivity contribution in [3.8, 4) is 5.75 Å². The Morgan fingerprint density at radius 3 is 2.19 bits per heavy atom. The smallest absolute Gasteiger partial charge is 0.296 e. The van der Waals surface area contributed by atoms with Crippen LogP contribution in [0.5, 0.6) is 5.75 Å². The number of hydrogen-bond donors (Lipinski definition) is 1. The first-order valence-electron chi connectivity index (χ1n) is 9.52. The fourth-order valence-electron chi connectivity index (χ4n) is 3.05. The van der Waals surface area contributed by atoms with Crippen LogP contribution in [-0.4, -0.2) is 34.5 Å². The predicted octanol–water partition coefficient (Wildman–Crippen LogP) is 4.47. The molecule has 142 valence electrons. The van der Waals surface area contributed by atoms with E-state index in [0.717, 1.165) is 24.2 Å². The first-order chi connectivity index (χ1) is 12.5. The highest BCUT2D eigenvalue weighted by atomic mass is 16.5. The third kappa shape index (κ3) is 4.87. The van der Waals surface area contributed by atoms with Crippen LogP contribution < -0.4 is 4.74 Å². The molecule has 5 heteroatoms. The van der Waals surface area contributed by atoms with Gasteiger partial charge < -0.3 is 9.84 Å². The van der Waals surface area contributed by atoms with Crippen LogP contribution in [-0.2, 0) is 9.59 Å². The second-order valence-electron chi connectivity index (χ2n) is 6.94. The van der Waals surface area contributed by atoms with Gasteiger partial charge in [0.1, 0.15) is 5.75 Å². The van der Waals surface area contributed by atoms with Gasteiger partial charge in [-0.25, -0.2) is 0 Å². The minimum atomic E-state index is -0.596. The van der Waals surface area contributed by atoms with Crippen molar-refractivity contribution in [3.05, 3.63) is 35.6 Å². The van der Waals surface area contributed by atoms with Crippen molar-refractivity contribution in [1.29, 1.82) is 0 Å². The number of carbonyl (C=O) groups is 2. The Kier molecular flexibility index (Phi) is 7.25. The molecular formula is C21H29NO4. The van der Waals surface area contributed by atoms with E-state index in [4.69, 9.17) is 4.74 Å². The second kappa shape index (κ2) is 9.41. The van der Waals surface area contributed by atoms with E-state index in [0.29, 0.717) is 17.9 Å². The lowest BCUT2D eigenvalue weighted by Crippen LogP contribution is -2.32. The molecular weight excluding hydrogens is 330 g/mol. The van der Waals surface area contributed by atoms with Gasteiger partial charge in [0.25, 0.3) is 11.8 Å². The molecule has 1 aromatic rings. The van der Waals surface area contributed by atoms with E-state index in [1.54, 1.807) is 24.3 Å². The van der Waals surface area contributed by atoms with Gasteiger partial charge in [0.05, 0.1) is 11.7 Å². The number of unbranched alkanes of at least 4 members (excludes halogenated alkanes) is 5. The molecule has 0 saturated heterocycles. The van der Waals surface area contributed by atoms with E-state index in [1.165, 1.54) is 19.3 Å². The first-order valence-corrected chi connectivity index (χ1v) is 9.52. The average molecular weight is 359 g/mol. The van der Waals surface area contributed by atoms with Gasteiger partial charge in [0.2, 0.25) is 0 Å². The van der Waals surface area contributed by atoms with Crippen molar-refractivity contribution in [2.45, 2.75) is 65.4 Å². The SMILES string of the molecule is CCCCCCCCN1C(=O)C(O)=C(c2ccc(OC(C)C)cc2)C1=O. The molecule has 1 N–H and O–H groups in total. The van der Waals surface area contributed by atoms with Gasteiger partial charge in [-0.15, -0.1) is 0 Å². The van der Waals surface area contributed by atoms with Gasteiger partial charge in [-0.1, -0.05) is 51.2 Å². The van der Waals surface area contributed by atoms with Crippen molar-refractivity contribution < 1.29 is 19.4 Å². The fourth-order valence-corrected chi connectivity index (χ4v) is 3.05. The molecule has 1 heterocycles. The monoisotopic (exact) mass is 359 g/mol. The van der Waals surface area contributed by atoms with Crippen molar-refractivity contribution in [2.24, 2.45) is 0 Å². The summed E-state index contributed by atoms with van der Waals surface area (Å²) in [4.78, 5) is 26.0. The second-order valence-corrected chi connectivity index (χ2v) is 6.94. The highest BCUT2D eigenvalue weighted by Crippen LogP contribution is 2.29. The van der Waals surface area contributed by atoms with Crippen LogP contribution >= 0.6 is 0 Å². The molecule has 0 spiro atoms. The van der Waals surface area contributed by atoms with Crippen LogP contribution in [0.15, 0.2) is 30.0 Å². The number of aliphatic hydroxyl groups excluding tert-OH is 1. The van der Waals surface area contributed by atoms with Crippen LogP contribution in [0, 0.1) is 0 Å². The van der Waals surface area contributed by atoms with E-state index in [-0.39, 0.29) is 11.7 Å². The lowest BCUT2D eigenvalue weighted by molar-refractivity contribution is -0.138. The molecule has 2 amide bonds. The van der Waals surface area contributed by atoms with Gasteiger partial charge in [-0.2, -0.15) is 0 Å². The number of benzene rings is 1. The predicted molar refractivity (Wildman–Crippen MR) is 102 cm³/mol. The molecule has 26 heavy (non-hydrogen) atoms. The highest BCUT2D eigenvalue weighted by molar-refractivity contribution is 6.34. The lowest BCUT2D eigenvalue weighted by atomic mass is 10.1. The summed E-state index contributed by atoms with van der Waals surface area (Å²) in [7, 11) is 0. The first kappa shape index (κ1) is 20.0. The zero-order chi connectivity index (χ0) is 19.1. The summed E-state index contributed by atoms with van der Waals surface area (Å²) >= 11 is 0. The van der Waals surface area contributed by atoms with Crippen molar-refractivity contribution in [2.75, 3.05) is 6.54 Å². The summed E-state index contributed by atoms with van der Waals surface area (Å²) in [6, 6.07) is 6.87. The summed E-state index contributed by atoms with van der Waals surface area (Å²) in [5, 5.41) is 10.2. The Labute approximate surface area is 155 Å². The molecule has 2 rings (SSSR count). The molecule has 1 aliphatic heterocycles. The molecule has 1 aromatic carbocycles. The summed E-state index contributed by atoms with van der Waals surface area (Å²) in [5.74, 6) is -0.789. The molecule has 0 saturated carbocycles. The van der Waals surface area contributed by atoms with Gasteiger partial charge in [0.15, 0.2) is 5.76 Å². The number of ether oxygens (including phenoxy) is 1. The molecule has 0 fully saturated rings. The van der Waals surface area contributed by atoms with Gasteiger partial charge in [0, 0.05) is 6.54 Å². The van der Waals surface area contributed by atoms with Crippen LogP contribution in [0.1, 0.15) is 64.9 Å². The number of rotatable bonds is 10. The molecule has 0 radical (unpaired) electrons. The van der Waals surface area contributed by atoms with Crippen molar-refractivity contribution in [1.82, 2.24) is 4.90 Å². The molecule has 1 aliphatic rings. The summed E-state index contributed by atoms with van der Waals surface area (Å²) in [5.41, 5.74) is 0.611. The summed E-state index contributed by atoms with van der Waals surface area (Å²) in [6.45, 7) is 6.38. The number of carbonyl (C=O) groups excluding carboxylic acids is 2. The van der Waals surface area contributed by atoms with Crippen LogP contribution in [0.25, 0.3) is 5.57 Å². The highest BCUT2D eigenvalue weighted by Gasteiger charge is 2.38. The largest absolute Gasteiger partial charge is 0.502 e. The number of amides is 2. The minimum absolute atomic E-state index is 0.0518. The third-order valence-electron chi connectivity index (χ3n) is 4.39. The lowest BCUT2D eigenvalue weighted by Gasteiger charge is -2.14. The van der Waals surface area contributed by atoms with Gasteiger partial charge in [-0.3, -0.25) is 14.5 Å². The Morgan fingerprint density at radius 1 is 0.962 bits per heavy atom. The van der Waals surface area contributed by atoms with E-state index in [2.05, 4.69) is 6.92 Å². The van der Waals surface area contributed by atoms with Crippen LogP contribution in [0.3, 0.4) is 0 Å². The number of hydrogen-bond acceptors (Lipinski definition) is 4.